The Morgan fingerprint density at radius 3 is 2.64 bits per heavy atom. The van der Waals surface area contributed by atoms with Gasteiger partial charge in [0.25, 0.3) is 0 Å². The molecule has 0 spiro atoms. The number of para-hydroxylation sites is 1. The summed E-state index contributed by atoms with van der Waals surface area (Å²) in [5, 5.41) is 5.28. The van der Waals surface area contributed by atoms with Crippen LogP contribution in [0.1, 0.15) is 19.3 Å². The van der Waals surface area contributed by atoms with E-state index in [0.29, 0.717) is 0 Å². The molecule has 3 aromatic rings. The number of piperidine rings is 1. The van der Waals surface area contributed by atoms with Crippen molar-refractivity contribution in [3.05, 3.63) is 47.0 Å². The van der Waals surface area contributed by atoms with Gasteiger partial charge in [0.05, 0.1) is 17.2 Å². The van der Waals surface area contributed by atoms with Crippen molar-refractivity contribution in [3.8, 4) is 0 Å². The molecule has 3 heterocycles. The maximum Gasteiger partial charge on any atom is 0.349 e. The van der Waals surface area contributed by atoms with Crippen LogP contribution < -0.4 is 5.69 Å². The molecule has 1 saturated heterocycles. The number of nitrogens with zero attached hydrogens (tertiary/aromatic N) is 4. The molecule has 0 N–H and O–H groups in total. The van der Waals surface area contributed by atoms with Crippen LogP contribution in [0.2, 0.25) is 0 Å². The van der Waals surface area contributed by atoms with E-state index in [2.05, 4.69) is 16.1 Å². The van der Waals surface area contributed by atoms with Crippen LogP contribution in [0.4, 0.5) is 0 Å². The normalized spacial score (nSPS) is 16.5. The highest BCUT2D eigenvalue weighted by Gasteiger charge is 2.13. The molecule has 0 atom stereocenters. The summed E-state index contributed by atoms with van der Waals surface area (Å²) in [5.74, 6) is 0. The molecule has 1 fully saturated rings. The van der Waals surface area contributed by atoms with Gasteiger partial charge in [-0.05, 0) is 38.1 Å². The van der Waals surface area contributed by atoms with Gasteiger partial charge >= 0.3 is 5.69 Å². The Bertz CT molecular complexity index is 858. The number of aromatic nitrogens is 3. The van der Waals surface area contributed by atoms with Crippen LogP contribution in [0.15, 0.2) is 41.3 Å². The first-order valence-electron chi connectivity index (χ1n) is 8.02. The highest BCUT2D eigenvalue weighted by molar-refractivity contribution is 5.93. The Hall–Kier alpha value is -2.14. The van der Waals surface area contributed by atoms with E-state index < -0.39 is 0 Å². The molecular weight excluding hydrogens is 276 g/mol. The van der Waals surface area contributed by atoms with E-state index in [-0.39, 0.29) is 5.69 Å². The molecule has 0 bridgehead atoms. The van der Waals surface area contributed by atoms with Crippen molar-refractivity contribution in [3.63, 3.8) is 0 Å². The lowest BCUT2D eigenvalue weighted by atomic mass is 10.1. The van der Waals surface area contributed by atoms with Crippen molar-refractivity contribution < 1.29 is 0 Å². The molecule has 1 aromatic carbocycles. The summed E-state index contributed by atoms with van der Waals surface area (Å²) in [6.07, 6.45) is 5.57. The van der Waals surface area contributed by atoms with Crippen LogP contribution in [0, 0.1) is 0 Å². The van der Waals surface area contributed by atoms with Gasteiger partial charge in [0.15, 0.2) is 0 Å². The predicted octanol–water partition coefficient (Wildman–Crippen LogP) is 2.14. The first-order valence-corrected chi connectivity index (χ1v) is 8.02. The van der Waals surface area contributed by atoms with Crippen molar-refractivity contribution >= 4 is 16.4 Å². The molecule has 1 aliphatic heterocycles. The predicted molar refractivity (Wildman–Crippen MR) is 87.2 cm³/mol. The van der Waals surface area contributed by atoms with Gasteiger partial charge in [0.2, 0.25) is 0 Å². The summed E-state index contributed by atoms with van der Waals surface area (Å²) in [6.45, 7) is 3.94. The van der Waals surface area contributed by atoms with E-state index in [4.69, 9.17) is 0 Å². The number of hydrogen-bond donors (Lipinski definition) is 0. The number of likely N-dealkylation sites (tertiary alicyclic amines) is 1. The van der Waals surface area contributed by atoms with Crippen LogP contribution in [-0.4, -0.2) is 38.7 Å². The quantitative estimate of drug-likeness (QED) is 0.743. The lowest BCUT2D eigenvalue weighted by Crippen LogP contribution is -2.36. The molecule has 0 radical (unpaired) electrons. The fraction of sp³-hybridized carbons (Fsp3) is 0.412. The second kappa shape index (κ2) is 5.57. The van der Waals surface area contributed by atoms with Crippen LogP contribution in [0.5, 0.6) is 0 Å². The third-order valence-electron chi connectivity index (χ3n) is 4.61. The summed E-state index contributed by atoms with van der Waals surface area (Å²) in [7, 11) is 0. The molecule has 0 amide bonds. The first kappa shape index (κ1) is 13.5. The summed E-state index contributed by atoms with van der Waals surface area (Å²) in [6, 6.07) is 9.99. The molecule has 114 valence electrons. The third-order valence-corrected chi connectivity index (χ3v) is 4.61. The van der Waals surface area contributed by atoms with E-state index >= 15 is 0 Å². The zero-order valence-corrected chi connectivity index (χ0v) is 12.6. The molecule has 5 nitrogen and oxygen atoms in total. The molecule has 4 rings (SSSR count). The lowest BCUT2D eigenvalue weighted by molar-refractivity contribution is 0.220. The highest BCUT2D eigenvalue weighted by atomic mass is 16.1. The van der Waals surface area contributed by atoms with Crippen LogP contribution in [0.25, 0.3) is 16.4 Å². The number of rotatable bonds is 3. The van der Waals surface area contributed by atoms with Crippen molar-refractivity contribution in [2.45, 2.75) is 25.8 Å². The standard InChI is InChI=1S/C17H20N4O/c22-17-20(13-12-19-10-4-1-5-11-19)15-7-3-2-6-14(15)16-8-9-18-21(16)17/h2-3,6-9H,1,4-5,10-13H2. The van der Waals surface area contributed by atoms with Gasteiger partial charge < -0.3 is 4.90 Å². The zero-order chi connectivity index (χ0) is 14.9. The van der Waals surface area contributed by atoms with E-state index in [0.717, 1.165) is 42.6 Å². The van der Waals surface area contributed by atoms with Crippen molar-refractivity contribution in [2.75, 3.05) is 19.6 Å². The molecule has 22 heavy (non-hydrogen) atoms. The number of fused-ring (bicyclic) bond motifs is 3. The topological polar surface area (TPSA) is 42.5 Å². The molecular formula is C17H20N4O. The smallest absolute Gasteiger partial charge is 0.302 e. The van der Waals surface area contributed by atoms with E-state index in [1.807, 2.05) is 28.8 Å². The summed E-state index contributed by atoms with van der Waals surface area (Å²) in [5.41, 5.74) is 1.84. The highest BCUT2D eigenvalue weighted by Crippen LogP contribution is 2.18. The van der Waals surface area contributed by atoms with E-state index in [1.165, 1.54) is 23.8 Å². The van der Waals surface area contributed by atoms with Crippen molar-refractivity contribution in [1.29, 1.82) is 0 Å². The number of benzene rings is 1. The Balaban J connectivity index is 1.77. The minimum Gasteiger partial charge on any atom is -0.302 e. The first-order chi connectivity index (χ1) is 10.8. The van der Waals surface area contributed by atoms with E-state index in [1.54, 1.807) is 6.20 Å². The monoisotopic (exact) mass is 296 g/mol. The molecule has 2 aromatic heterocycles. The largest absolute Gasteiger partial charge is 0.349 e. The Kier molecular flexibility index (Phi) is 3.42. The van der Waals surface area contributed by atoms with Gasteiger partial charge in [-0.1, -0.05) is 24.6 Å². The maximum absolute atomic E-state index is 12.7. The zero-order valence-electron chi connectivity index (χ0n) is 12.6. The fourth-order valence-corrected chi connectivity index (χ4v) is 3.44. The fourth-order valence-electron chi connectivity index (χ4n) is 3.44. The minimum absolute atomic E-state index is 0.0456. The molecule has 0 saturated carbocycles. The summed E-state index contributed by atoms with van der Waals surface area (Å²) < 4.78 is 3.38. The molecule has 1 aliphatic rings. The minimum atomic E-state index is -0.0456. The second-order valence-electron chi connectivity index (χ2n) is 5.98. The van der Waals surface area contributed by atoms with Gasteiger partial charge in [0.1, 0.15) is 0 Å². The number of hydrogen-bond acceptors (Lipinski definition) is 3. The van der Waals surface area contributed by atoms with Crippen LogP contribution in [-0.2, 0) is 6.54 Å². The van der Waals surface area contributed by atoms with Crippen molar-refractivity contribution in [1.82, 2.24) is 19.1 Å². The lowest BCUT2D eigenvalue weighted by Gasteiger charge is -2.26. The van der Waals surface area contributed by atoms with Gasteiger partial charge in [-0.25, -0.2) is 4.79 Å². The maximum atomic E-state index is 12.7. The van der Waals surface area contributed by atoms with Crippen LogP contribution >= 0.6 is 0 Å². The Morgan fingerprint density at radius 2 is 1.77 bits per heavy atom. The summed E-state index contributed by atoms with van der Waals surface area (Å²) in [4.78, 5) is 15.2. The average Bonchev–Trinajstić information content (AvgIpc) is 3.06. The Morgan fingerprint density at radius 1 is 0.955 bits per heavy atom. The third kappa shape index (κ3) is 2.22. The van der Waals surface area contributed by atoms with Crippen LogP contribution in [0.3, 0.4) is 0 Å². The van der Waals surface area contributed by atoms with Crippen molar-refractivity contribution in [2.24, 2.45) is 0 Å². The molecule has 0 unspecified atom stereocenters. The van der Waals surface area contributed by atoms with E-state index in [9.17, 15) is 4.79 Å². The Labute approximate surface area is 128 Å². The summed E-state index contributed by atoms with van der Waals surface area (Å²) >= 11 is 0. The SMILES string of the molecule is O=c1n(CCN2CCCCC2)c2ccccc2c2ccnn12. The van der Waals surface area contributed by atoms with Gasteiger partial charge in [-0.2, -0.15) is 9.61 Å². The average molecular weight is 296 g/mol. The second-order valence-corrected chi connectivity index (χ2v) is 5.98. The molecule has 0 aliphatic carbocycles. The van der Waals surface area contributed by atoms with Gasteiger partial charge in [-0.15, -0.1) is 0 Å². The molecule has 5 heteroatoms. The van der Waals surface area contributed by atoms with Gasteiger partial charge in [-0.3, -0.25) is 4.57 Å². The van der Waals surface area contributed by atoms with Gasteiger partial charge in [0, 0.05) is 18.5 Å².